The van der Waals surface area contributed by atoms with E-state index in [1.807, 2.05) is 13.0 Å². The van der Waals surface area contributed by atoms with Crippen LogP contribution in [0.5, 0.6) is 0 Å². The second-order valence-corrected chi connectivity index (χ2v) is 4.09. The van der Waals surface area contributed by atoms with E-state index in [4.69, 9.17) is 0 Å². The van der Waals surface area contributed by atoms with E-state index in [2.05, 4.69) is 48.1 Å². The maximum Gasteiger partial charge on any atom is 0.0929 e. The minimum Gasteiger partial charge on any atom is -0.348 e. The molecule has 1 N–H and O–H groups in total. The van der Waals surface area contributed by atoms with Gasteiger partial charge in [0.25, 0.3) is 0 Å². The van der Waals surface area contributed by atoms with Crippen molar-refractivity contribution in [2.75, 3.05) is 0 Å². The van der Waals surface area contributed by atoms with Crippen LogP contribution in [0.25, 0.3) is 12.2 Å². The van der Waals surface area contributed by atoms with Gasteiger partial charge in [-0.2, -0.15) is 0 Å². The predicted molar refractivity (Wildman–Crippen MR) is 68.2 cm³/mol. The molecule has 0 unspecified atom stereocenters. The van der Waals surface area contributed by atoms with E-state index < -0.39 is 0 Å². The molecule has 0 bridgehead atoms. The van der Waals surface area contributed by atoms with Gasteiger partial charge in [-0.15, -0.1) is 0 Å². The van der Waals surface area contributed by atoms with Gasteiger partial charge in [-0.25, -0.2) is 4.98 Å². The van der Waals surface area contributed by atoms with E-state index >= 15 is 0 Å². The fourth-order valence-electron chi connectivity index (χ4n) is 1.58. The fraction of sp³-hybridized carbons (Fsp3) is 0.214. The molecule has 0 atom stereocenters. The van der Waals surface area contributed by atoms with Crippen molar-refractivity contribution in [2.24, 2.45) is 0 Å². The van der Waals surface area contributed by atoms with Crippen molar-refractivity contribution in [2.45, 2.75) is 20.8 Å². The van der Waals surface area contributed by atoms with Crippen molar-refractivity contribution >= 4 is 12.2 Å². The number of imidazole rings is 1. The summed E-state index contributed by atoms with van der Waals surface area (Å²) in [5.74, 6) is 0. The Morgan fingerprint density at radius 1 is 1.06 bits per heavy atom. The lowest BCUT2D eigenvalue weighted by molar-refractivity contribution is 1.25. The van der Waals surface area contributed by atoms with Gasteiger partial charge in [0.1, 0.15) is 0 Å². The normalized spacial score (nSPS) is 11.2. The molecule has 0 aliphatic rings. The van der Waals surface area contributed by atoms with Crippen LogP contribution in [0.4, 0.5) is 0 Å². The molecule has 16 heavy (non-hydrogen) atoms. The first-order chi connectivity index (χ1) is 7.66. The second kappa shape index (κ2) is 4.35. The van der Waals surface area contributed by atoms with Crippen LogP contribution in [-0.2, 0) is 0 Å². The Morgan fingerprint density at radius 3 is 2.50 bits per heavy atom. The number of aromatic amines is 1. The molecule has 1 heterocycles. The number of nitrogens with one attached hydrogen (secondary N) is 1. The third-order valence-electron chi connectivity index (χ3n) is 2.83. The molecular formula is C14H16N2. The van der Waals surface area contributed by atoms with Gasteiger partial charge < -0.3 is 4.98 Å². The van der Waals surface area contributed by atoms with Crippen molar-refractivity contribution in [3.63, 3.8) is 0 Å². The zero-order valence-corrected chi connectivity index (χ0v) is 9.91. The van der Waals surface area contributed by atoms with E-state index in [0.717, 1.165) is 11.4 Å². The number of nitrogens with zero attached hydrogens (tertiary/aromatic N) is 1. The van der Waals surface area contributed by atoms with Gasteiger partial charge in [0, 0.05) is 5.69 Å². The maximum atomic E-state index is 4.23. The van der Waals surface area contributed by atoms with Crippen LogP contribution >= 0.6 is 0 Å². The van der Waals surface area contributed by atoms with E-state index in [0.29, 0.717) is 0 Å². The summed E-state index contributed by atoms with van der Waals surface area (Å²) >= 11 is 0. The minimum atomic E-state index is 0.998. The van der Waals surface area contributed by atoms with Crippen molar-refractivity contribution in [1.82, 2.24) is 9.97 Å². The maximum absolute atomic E-state index is 4.23. The van der Waals surface area contributed by atoms with Gasteiger partial charge in [0.15, 0.2) is 0 Å². The molecule has 0 spiro atoms. The van der Waals surface area contributed by atoms with Crippen molar-refractivity contribution in [3.8, 4) is 0 Å². The third kappa shape index (κ3) is 2.22. The molecule has 0 amide bonds. The zero-order chi connectivity index (χ0) is 11.5. The average molecular weight is 212 g/mol. The molecule has 82 valence electrons. The minimum absolute atomic E-state index is 0.998. The Morgan fingerprint density at radius 2 is 1.88 bits per heavy atom. The summed E-state index contributed by atoms with van der Waals surface area (Å²) in [6.07, 6.45) is 5.85. The Kier molecular flexibility index (Phi) is 2.91. The molecule has 0 aliphatic heterocycles. The van der Waals surface area contributed by atoms with E-state index in [-0.39, 0.29) is 0 Å². The van der Waals surface area contributed by atoms with Gasteiger partial charge in [0.05, 0.1) is 12.0 Å². The summed E-state index contributed by atoms with van der Waals surface area (Å²) in [5.41, 5.74) is 5.96. The standard InChI is InChI=1S/C14H16N2/c1-10-4-5-13(8-11(10)2)6-7-14-12(3)15-9-16-14/h4-9H,1-3H3,(H,15,16). The van der Waals surface area contributed by atoms with Crippen LogP contribution in [0.2, 0.25) is 0 Å². The largest absolute Gasteiger partial charge is 0.348 e. The predicted octanol–water partition coefficient (Wildman–Crippen LogP) is 3.51. The molecule has 0 saturated heterocycles. The van der Waals surface area contributed by atoms with Crippen LogP contribution in [0.3, 0.4) is 0 Å². The Bertz CT molecular complexity index is 521. The molecule has 0 saturated carbocycles. The monoisotopic (exact) mass is 212 g/mol. The SMILES string of the molecule is Cc1ccc(C=Cc2nc[nH]c2C)cc1C. The molecule has 1 aromatic heterocycles. The highest BCUT2D eigenvalue weighted by atomic mass is 14.9. The summed E-state index contributed by atoms with van der Waals surface area (Å²) in [4.78, 5) is 7.29. The smallest absolute Gasteiger partial charge is 0.0929 e. The van der Waals surface area contributed by atoms with Crippen LogP contribution in [0, 0.1) is 20.8 Å². The van der Waals surface area contributed by atoms with Crippen LogP contribution in [0.1, 0.15) is 28.1 Å². The lowest BCUT2D eigenvalue weighted by Gasteiger charge is -2.00. The molecule has 0 fully saturated rings. The van der Waals surface area contributed by atoms with Gasteiger partial charge >= 0.3 is 0 Å². The fourth-order valence-corrected chi connectivity index (χ4v) is 1.58. The van der Waals surface area contributed by atoms with E-state index in [1.165, 1.54) is 16.7 Å². The van der Waals surface area contributed by atoms with Crippen molar-refractivity contribution in [1.29, 1.82) is 0 Å². The Hall–Kier alpha value is -1.83. The first-order valence-corrected chi connectivity index (χ1v) is 5.42. The first-order valence-electron chi connectivity index (χ1n) is 5.42. The number of H-pyrrole nitrogens is 1. The third-order valence-corrected chi connectivity index (χ3v) is 2.83. The summed E-state index contributed by atoms with van der Waals surface area (Å²) in [7, 11) is 0. The van der Waals surface area contributed by atoms with Crippen molar-refractivity contribution in [3.05, 3.63) is 52.6 Å². The number of hydrogen-bond acceptors (Lipinski definition) is 1. The summed E-state index contributed by atoms with van der Waals surface area (Å²) in [5, 5.41) is 0. The van der Waals surface area contributed by atoms with Crippen LogP contribution in [0.15, 0.2) is 24.5 Å². The van der Waals surface area contributed by atoms with Crippen molar-refractivity contribution < 1.29 is 0 Å². The average Bonchev–Trinajstić information content (AvgIpc) is 2.66. The lowest BCUT2D eigenvalue weighted by Crippen LogP contribution is -1.82. The summed E-state index contributed by atoms with van der Waals surface area (Å²) in [6.45, 7) is 6.28. The highest BCUT2D eigenvalue weighted by molar-refractivity contribution is 5.69. The van der Waals surface area contributed by atoms with E-state index in [1.54, 1.807) is 6.33 Å². The first kappa shape index (κ1) is 10.7. The van der Waals surface area contributed by atoms with Gasteiger partial charge in [-0.05, 0) is 43.5 Å². The molecule has 2 rings (SSSR count). The summed E-state index contributed by atoms with van der Waals surface area (Å²) in [6, 6.07) is 6.46. The van der Waals surface area contributed by atoms with Gasteiger partial charge in [-0.1, -0.05) is 24.3 Å². The van der Waals surface area contributed by atoms with E-state index in [9.17, 15) is 0 Å². The number of benzene rings is 1. The summed E-state index contributed by atoms with van der Waals surface area (Å²) < 4.78 is 0. The van der Waals surface area contributed by atoms with Gasteiger partial charge in [0.2, 0.25) is 0 Å². The number of aromatic nitrogens is 2. The molecule has 1 aromatic carbocycles. The molecule has 2 aromatic rings. The van der Waals surface area contributed by atoms with Crippen LogP contribution in [-0.4, -0.2) is 9.97 Å². The molecular weight excluding hydrogens is 196 g/mol. The lowest BCUT2D eigenvalue weighted by atomic mass is 10.1. The molecule has 2 heteroatoms. The molecule has 0 aliphatic carbocycles. The Labute approximate surface area is 96.1 Å². The molecule has 2 nitrogen and oxygen atoms in total. The zero-order valence-electron chi connectivity index (χ0n) is 9.91. The van der Waals surface area contributed by atoms with Crippen LogP contribution < -0.4 is 0 Å². The topological polar surface area (TPSA) is 28.7 Å². The van der Waals surface area contributed by atoms with Gasteiger partial charge in [-0.3, -0.25) is 0 Å². The second-order valence-electron chi connectivity index (χ2n) is 4.09. The number of rotatable bonds is 2. The quantitative estimate of drug-likeness (QED) is 0.810. The Balaban J connectivity index is 2.24. The highest BCUT2D eigenvalue weighted by Crippen LogP contribution is 2.13. The number of aryl methyl sites for hydroxylation is 3. The molecule has 0 radical (unpaired) electrons. The highest BCUT2D eigenvalue weighted by Gasteiger charge is 1.96. The number of hydrogen-bond donors (Lipinski definition) is 1.